The number of anilines is 1. The highest BCUT2D eigenvalue weighted by molar-refractivity contribution is 7.89. The molecule has 28 heavy (non-hydrogen) atoms. The maximum Gasteiger partial charge on any atom is 0.266 e. The van der Waals surface area contributed by atoms with Gasteiger partial charge in [-0.15, -0.1) is 0 Å². The van der Waals surface area contributed by atoms with Gasteiger partial charge in [0, 0.05) is 16.8 Å². The number of nitrogens with one attached hydrogen (secondary N) is 2. The summed E-state index contributed by atoms with van der Waals surface area (Å²) >= 11 is 0. The number of nitriles is 1. The minimum atomic E-state index is -3.82. The van der Waals surface area contributed by atoms with Crippen LogP contribution in [0.25, 0.3) is 17.3 Å². The quantitative estimate of drug-likeness (QED) is 0.450. The van der Waals surface area contributed by atoms with Crippen molar-refractivity contribution in [2.75, 3.05) is 5.32 Å². The van der Waals surface area contributed by atoms with Crippen molar-refractivity contribution in [3.63, 3.8) is 0 Å². The van der Waals surface area contributed by atoms with E-state index in [1.54, 1.807) is 0 Å². The van der Waals surface area contributed by atoms with Crippen molar-refractivity contribution in [1.82, 2.24) is 10.2 Å². The van der Waals surface area contributed by atoms with Gasteiger partial charge in [0.2, 0.25) is 10.0 Å². The molecule has 0 unspecified atom stereocenters. The van der Waals surface area contributed by atoms with E-state index in [4.69, 9.17) is 5.14 Å². The molecule has 8 nitrogen and oxygen atoms in total. The number of rotatable bonds is 5. The van der Waals surface area contributed by atoms with Crippen LogP contribution in [0.2, 0.25) is 0 Å². The second-order valence-electron chi connectivity index (χ2n) is 5.76. The van der Waals surface area contributed by atoms with E-state index in [-0.39, 0.29) is 10.5 Å². The van der Waals surface area contributed by atoms with Gasteiger partial charge < -0.3 is 5.32 Å². The first-order valence-electron chi connectivity index (χ1n) is 8.03. The second kappa shape index (κ2) is 7.87. The number of hydrogen-bond acceptors (Lipinski definition) is 5. The monoisotopic (exact) mass is 393 g/mol. The minimum Gasteiger partial charge on any atom is -0.321 e. The third-order valence-corrected chi connectivity index (χ3v) is 4.77. The van der Waals surface area contributed by atoms with Crippen molar-refractivity contribution in [2.24, 2.45) is 5.14 Å². The van der Waals surface area contributed by atoms with Crippen LogP contribution in [0, 0.1) is 11.3 Å². The molecule has 0 aliphatic carbocycles. The molecule has 3 aromatic rings. The van der Waals surface area contributed by atoms with Crippen LogP contribution < -0.4 is 10.5 Å². The molecule has 0 saturated heterocycles. The number of primary sulfonamides is 1. The Morgan fingerprint density at radius 1 is 1.14 bits per heavy atom. The summed E-state index contributed by atoms with van der Waals surface area (Å²) in [6.07, 6.45) is 2.95. The standard InChI is InChI=1S/C19H15N5O3S/c20-11-14(10-15-12-22-24-18(15)13-4-2-1-3-5-13)19(25)23-16-6-8-17(9-7-16)28(21,26)27/h1-10,12H,(H,22,24)(H,23,25)(H2,21,26,27)/b14-10+. The molecule has 1 amide bonds. The first-order chi connectivity index (χ1) is 13.4. The summed E-state index contributed by atoms with van der Waals surface area (Å²) in [4.78, 5) is 12.3. The van der Waals surface area contributed by atoms with E-state index in [1.165, 1.54) is 36.5 Å². The number of sulfonamides is 1. The van der Waals surface area contributed by atoms with Crippen molar-refractivity contribution < 1.29 is 13.2 Å². The van der Waals surface area contributed by atoms with Gasteiger partial charge in [0.05, 0.1) is 16.8 Å². The predicted molar refractivity (Wildman–Crippen MR) is 104 cm³/mol. The van der Waals surface area contributed by atoms with E-state index in [9.17, 15) is 18.5 Å². The number of hydrogen-bond donors (Lipinski definition) is 3. The van der Waals surface area contributed by atoms with Gasteiger partial charge in [-0.25, -0.2) is 13.6 Å². The van der Waals surface area contributed by atoms with E-state index < -0.39 is 15.9 Å². The third-order valence-electron chi connectivity index (χ3n) is 3.84. The summed E-state index contributed by atoms with van der Waals surface area (Å²) in [5, 5.41) is 23.8. The normalized spacial score (nSPS) is 11.6. The van der Waals surface area contributed by atoms with Crippen LogP contribution in [-0.4, -0.2) is 24.5 Å². The molecule has 140 valence electrons. The molecule has 0 atom stereocenters. The van der Waals surface area contributed by atoms with Gasteiger partial charge >= 0.3 is 0 Å². The van der Waals surface area contributed by atoms with Gasteiger partial charge in [0.15, 0.2) is 0 Å². The Hall–Kier alpha value is -3.74. The van der Waals surface area contributed by atoms with Crippen molar-refractivity contribution >= 4 is 27.7 Å². The zero-order chi connectivity index (χ0) is 20.1. The van der Waals surface area contributed by atoms with Crippen LogP contribution in [0.3, 0.4) is 0 Å². The number of carbonyl (C=O) groups is 1. The van der Waals surface area contributed by atoms with Gasteiger partial charge in [-0.05, 0) is 30.3 Å². The molecule has 1 heterocycles. The van der Waals surface area contributed by atoms with E-state index in [2.05, 4.69) is 15.5 Å². The van der Waals surface area contributed by atoms with Crippen molar-refractivity contribution in [3.8, 4) is 17.3 Å². The Kier molecular flexibility index (Phi) is 5.35. The maximum absolute atomic E-state index is 12.4. The van der Waals surface area contributed by atoms with Gasteiger partial charge in [0.1, 0.15) is 11.6 Å². The van der Waals surface area contributed by atoms with Gasteiger partial charge in [-0.2, -0.15) is 10.4 Å². The molecule has 0 saturated carbocycles. The summed E-state index contributed by atoms with van der Waals surface area (Å²) in [5.74, 6) is -0.633. The number of carbonyl (C=O) groups excluding carboxylic acids is 1. The fourth-order valence-electron chi connectivity index (χ4n) is 2.47. The Morgan fingerprint density at radius 3 is 2.43 bits per heavy atom. The molecule has 0 bridgehead atoms. The molecule has 0 radical (unpaired) electrons. The number of nitrogens with two attached hydrogens (primary N) is 1. The molecular weight excluding hydrogens is 378 g/mol. The van der Waals surface area contributed by atoms with Crippen molar-refractivity contribution in [2.45, 2.75) is 4.90 Å². The first kappa shape index (κ1) is 19.0. The molecule has 0 aliphatic heterocycles. The fraction of sp³-hybridized carbons (Fsp3) is 0. The van der Waals surface area contributed by atoms with Crippen LogP contribution in [0.15, 0.2) is 71.3 Å². The van der Waals surface area contributed by atoms with Gasteiger partial charge in [0.25, 0.3) is 5.91 Å². The number of amides is 1. The lowest BCUT2D eigenvalue weighted by atomic mass is 10.1. The first-order valence-corrected chi connectivity index (χ1v) is 9.58. The highest BCUT2D eigenvalue weighted by Crippen LogP contribution is 2.23. The average Bonchev–Trinajstić information content (AvgIpc) is 3.14. The third kappa shape index (κ3) is 4.32. The number of aromatic nitrogens is 2. The van der Waals surface area contributed by atoms with Crippen LogP contribution in [0.1, 0.15) is 5.56 Å². The van der Waals surface area contributed by atoms with Gasteiger partial charge in [-0.3, -0.25) is 9.89 Å². The molecule has 0 spiro atoms. The Labute approximate surface area is 161 Å². The molecule has 1 aromatic heterocycles. The second-order valence-corrected chi connectivity index (χ2v) is 7.32. The summed E-state index contributed by atoms with van der Waals surface area (Å²) in [6, 6.07) is 16.6. The molecule has 3 rings (SSSR count). The Bertz CT molecular complexity index is 1170. The fourth-order valence-corrected chi connectivity index (χ4v) is 2.99. The zero-order valence-corrected chi connectivity index (χ0v) is 15.3. The predicted octanol–water partition coefficient (Wildman–Crippen LogP) is 2.27. The van der Waals surface area contributed by atoms with Crippen molar-refractivity contribution in [1.29, 1.82) is 5.26 Å². The van der Waals surface area contributed by atoms with Crippen LogP contribution in [0.4, 0.5) is 5.69 Å². The largest absolute Gasteiger partial charge is 0.321 e. The van der Waals surface area contributed by atoms with Crippen LogP contribution >= 0.6 is 0 Å². The average molecular weight is 393 g/mol. The number of aromatic amines is 1. The summed E-state index contributed by atoms with van der Waals surface area (Å²) in [6.45, 7) is 0. The topological polar surface area (TPSA) is 142 Å². The lowest BCUT2D eigenvalue weighted by Crippen LogP contribution is -2.14. The number of benzene rings is 2. The van der Waals surface area contributed by atoms with Gasteiger partial charge in [-0.1, -0.05) is 30.3 Å². The smallest absolute Gasteiger partial charge is 0.266 e. The number of H-pyrrole nitrogens is 1. The molecule has 2 aromatic carbocycles. The minimum absolute atomic E-state index is 0.0764. The molecule has 0 fully saturated rings. The summed E-state index contributed by atoms with van der Waals surface area (Å²) in [5.41, 5.74) is 2.33. The van der Waals surface area contributed by atoms with Crippen molar-refractivity contribution in [3.05, 3.63) is 71.9 Å². The molecule has 4 N–H and O–H groups in total. The van der Waals surface area contributed by atoms with E-state index in [0.29, 0.717) is 16.9 Å². The van der Waals surface area contributed by atoms with E-state index in [0.717, 1.165) is 5.56 Å². The Morgan fingerprint density at radius 2 is 1.82 bits per heavy atom. The molecule has 9 heteroatoms. The summed E-state index contributed by atoms with van der Waals surface area (Å²) in [7, 11) is -3.82. The summed E-state index contributed by atoms with van der Waals surface area (Å²) < 4.78 is 22.6. The van der Waals surface area contributed by atoms with E-state index >= 15 is 0 Å². The molecular formula is C19H15N5O3S. The maximum atomic E-state index is 12.4. The van der Waals surface area contributed by atoms with E-state index in [1.807, 2.05) is 36.4 Å². The lowest BCUT2D eigenvalue weighted by Gasteiger charge is -2.05. The number of nitrogens with zero attached hydrogens (tertiary/aromatic N) is 2. The SMILES string of the molecule is N#C/C(=C\c1cn[nH]c1-c1ccccc1)C(=O)Nc1ccc(S(N)(=O)=O)cc1. The zero-order valence-electron chi connectivity index (χ0n) is 14.5. The Balaban J connectivity index is 1.84. The van der Waals surface area contributed by atoms with Crippen LogP contribution in [0.5, 0.6) is 0 Å². The lowest BCUT2D eigenvalue weighted by molar-refractivity contribution is -0.112. The highest BCUT2D eigenvalue weighted by Gasteiger charge is 2.13. The van der Waals surface area contributed by atoms with Crippen LogP contribution in [-0.2, 0) is 14.8 Å². The molecule has 0 aliphatic rings. The highest BCUT2D eigenvalue weighted by atomic mass is 32.2.